The largest absolute Gasteiger partial charge is 0.478 e. The summed E-state index contributed by atoms with van der Waals surface area (Å²) in [5, 5.41) is 14.7. The molecule has 0 bridgehead atoms. The molecule has 0 radical (unpaired) electrons. The summed E-state index contributed by atoms with van der Waals surface area (Å²) in [6.07, 6.45) is 1.92. The van der Waals surface area contributed by atoms with Crippen molar-refractivity contribution in [2.75, 3.05) is 11.9 Å². The normalized spacial score (nSPS) is 10.6. The summed E-state index contributed by atoms with van der Waals surface area (Å²) in [4.78, 5) is 11.5. The molecule has 0 amide bonds. The summed E-state index contributed by atoms with van der Waals surface area (Å²) >= 11 is 0. The molecule has 3 rings (SSSR count). The molecule has 0 fully saturated rings. The predicted octanol–water partition coefficient (Wildman–Crippen LogP) is 4.58. The Labute approximate surface area is 135 Å². The molecule has 3 nitrogen and oxygen atoms in total. The van der Waals surface area contributed by atoms with E-state index >= 15 is 0 Å². The van der Waals surface area contributed by atoms with Gasteiger partial charge in [0.1, 0.15) is 0 Å². The second-order valence-corrected chi connectivity index (χ2v) is 5.53. The second-order valence-electron chi connectivity index (χ2n) is 5.53. The van der Waals surface area contributed by atoms with Crippen molar-refractivity contribution in [2.45, 2.75) is 12.8 Å². The van der Waals surface area contributed by atoms with Crippen molar-refractivity contribution in [3.05, 3.63) is 77.9 Å². The molecule has 116 valence electrons. The fraction of sp³-hybridized carbons (Fsp3) is 0.150. The molecule has 0 spiro atoms. The van der Waals surface area contributed by atoms with E-state index in [0.29, 0.717) is 11.3 Å². The van der Waals surface area contributed by atoms with Crippen LogP contribution in [0.15, 0.2) is 66.7 Å². The van der Waals surface area contributed by atoms with Gasteiger partial charge in [-0.05, 0) is 29.9 Å². The molecule has 0 atom stereocenters. The molecule has 0 aliphatic carbocycles. The number of carboxylic acid groups (broad SMARTS) is 1. The molecule has 3 aromatic carbocycles. The van der Waals surface area contributed by atoms with Crippen molar-refractivity contribution in [1.82, 2.24) is 0 Å². The van der Waals surface area contributed by atoms with Crippen LogP contribution in [-0.4, -0.2) is 17.6 Å². The first-order valence-corrected chi connectivity index (χ1v) is 7.78. The highest BCUT2D eigenvalue weighted by atomic mass is 16.4. The van der Waals surface area contributed by atoms with Gasteiger partial charge in [-0.2, -0.15) is 0 Å². The number of carbonyl (C=O) groups is 1. The van der Waals surface area contributed by atoms with Crippen molar-refractivity contribution >= 4 is 22.4 Å². The Morgan fingerprint density at radius 3 is 2.43 bits per heavy atom. The Hall–Kier alpha value is -2.81. The second kappa shape index (κ2) is 6.97. The monoisotopic (exact) mass is 305 g/mol. The average Bonchev–Trinajstić information content (AvgIpc) is 2.59. The van der Waals surface area contributed by atoms with Gasteiger partial charge in [0, 0.05) is 11.9 Å². The van der Waals surface area contributed by atoms with Crippen LogP contribution in [0.25, 0.3) is 10.8 Å². The number of nitrogens with one attached hydrogen (secondary N) is 1. The lowest BCUT2D eigenvalue weighted by Gasteiger charge is -2.13. The molecule has 0 heterocycles. The summed E-state index contributed by atoms with van der Waals surface area (Å²) in [6.45, 7) is 0.739. The minimum absolute atomic E-state index is 0.323. The molecule has 3 aromatic rings. The third-order valence-electron chi connectivity index (χ3n) is 3.95. The van der Waals surface area contributed by atoms with Crippen molar-refractivity contribution in [2.24, 2.45) is 0 Å². The number of aryl methyl sites for hydroxylation is 1. The average molecular weight is 305 g/mol. The summed E-state index contributed by atoms with van der Waals surface area (Å²) in [7, 11) is 0. The lowest BCUT2D eigenvalue weighted by molar-refractivity contribution is 0.0698. The third-order valence-corrected chi connectivity index (χ3v) is 3.95. The topological polar surface area (TPSA) is 49.3 Å². The van der Waals surface area contributed by atoms with E-state index < -0.39 is 5.97 Å². The third kappa shape index (κ3) is 3.51. The van der Waals surface area contributed by atoms with Crippen LogP contribution in [0.4, 0.5) is 5.69 Å². The van der Waals surface area contributed by atoms with Gasteiger partial charge >= 0.3 is 5.97 Å². The zero-order valence-electron chi connectivity index (χ0n) is 12.8. The molecule has 0 aliphatic rings. The van der Waals surface area contributed by atoms with E-state index in [1.807, 2.05) is 48.5 Å². The van der Waals surface area contributed by atoms with Crippen LogP contribution in [0.3, 0.4) is 0 Å². The van der Waals surface area contributed by atoms with Crippen LogP contribution in [0.1, 0.15) is 22.3 Å². The molecule has 23 heavy (non-hydrogen) atoms. The van der Waals surface area contributed by atoms with E-state index in [1.54, 1.807) is 6.07 Å². The first kappa shape index (κ1) is 15.1. The number of fused-ring (bicyclic) bond motifs is 1. The zero-order valence-corrected chi connectivity index (χ0v) is 12.8. The van der Waals surface area contributed by atoms with Crippen LogP contribution in [0.2, 0.25) is 0 Å². The zero-order chi connectivity index (χ0) is 16.1. The summed E-state index contributed by atoms with van der Waals surface area (Å²) in [5.74, 6) is -0.902. The van der Waals surface area contributed by atoms with E-state index in [4.69, 9.17) is 0 Å². The van der Waals surface area contributed by atoms with Gasteiger partial charge in [-0.25, -0.2) is 4.79 Å². The molecule has 0 aliphatic heterocycles. The number of hydrogen-bond acceptors (Lipinski definition) is 2. The fourth-order valence-corrected chi connectivity index (χ4v) is 2.79. The molecule has 3 heteroatoms. The predicted molar refractivity (Wildman–Crippen MR) is 94.2 cm³/mol. The van der Waals surface area contributed by atoms with Crippen LogP contribution >= 0.6 is 0 Å². The highest BCUT2D eigenvalue weighted by molar-refractivity contribution is 6.05. The van der Waals surface area contributed by atoms with Crippen molar-refractivity contribution in [3.63, 3.8) is 0 Å². The Bertz CT molecular complexity index is 812. The maximum absolute atomic E-state index is 11.5. The van der Waals surface area contributed by atoms with Crippen LogP contribution in [-0.2, 0) is 6.42 Å². The van der Waals surface area contributed by atoms with E-state index in [-0.39, 0.29) is 0 Å². The molecule has 0 saturated heterocycles. The standard InChI is InChI=1S/C20H19NO2/c22-20(23)18-13-12-16-10-4-5-11-17(16)19(18)21-14-6-9-15-7-2-1-3-8-15/h1-5,7-8,10-13,21H,6,9,14H2,(H,22,23). The molecule has 0 aromatic heterocycles. The highest BCUT2D eigenvalue weighted by Gasteiger charge is 2.12. The summed E-state index contributed by atoms with van der Waals surface area (Å²) in [5.41, 5.74) is 2.33. The number of aromatic carboxylic acids is 1. The molecule has 0 unspecified atom stereocenters. The first-order chi connectivity index (χ1) is 11.3. The van der Waals surface area contributed by atoms with Crippen LogP contribution in [0.5, 0.6) is 0 Å². The number of anilines is 1. The van der Waals surface area contributed by atoms with Gasteiger partial charge in [0.2, 0.25) is 0 Å². The molecular formula is C20H19NO2. The molecular weight excluding hydrogens is 286 g/mol. The van der Waals surface area contributed by atoms with E-state index in [9.17, 15) is 9.90 Å². The molecule has 0 saturated carbocycles. The Morgan fingerprint density at radius 1 is 0.913 bits per heavy atom. The van der Waals surface area contributed by atoms with E-state index in [0.717, 1.165) is 30.2 Å². The van der Waals surface area contributed by atoms with Gasteiger partial charge in [0.15, 0.2) is 0 Å². The first-order valence-electron chi connectivity index (χ1n) is 7.78. The Balaban J connectivity index is 1.76. The Kier molecular flexibility index (Phi) is 4.57. The minimum atomic E-state index is -0.902. The lowest BCUT2D eigenvalue weighted by Crippen LogP contribution is -2.09. The smallest absolute Gasteiger partial charge is 0.337 e. The fourth-order valence-electron chi connectivity index (χ4n) is 2.79. The lowest BCUT2D eigenvalue weighted by atomic mass is 10.0. The van der Waals surface area contributed by atoms with Crippen molar-refractivity contribution in [3.8, 4) is 0 Å². The van der Waals surface area contributed by atoms with E-state index in [2.05, 4.69) is 17.4 Å². The number of rotatable bonds is 6. The van der Waals surface area contributed by atoms with Crippen molar-refractivity contribution in [1.29, 1.82) is 0 Å². The van der Waals surface area contributed by atoms with Gasteiger partial charge < -0.3 is 10.4 Å². The van der Waals surface area contributed by atoms with Gasteiger partial charge in [-0.1, -0.05) is 60.7 Å². The van der Waals surface area contributed by atoms with Gasteiger partial charge in [-0.15, -0.1) is 0 Å². The quantitative estimate of drug-likeness (QED) is 0.655. The van der Waals surface area contributed by atoms with Crippen LogP contribution in [0, 0.1) is 0 Å². The number of benzene rings is 3. The maximum Gasteiger partial charge on any atom is 0.337 e. The summed E-state index contributed by atoms with van der Waals surface area (Å²) in [6, 6.07) is 21.7. The van der Waals surface area contributed by atoms with Gasteiger partial charge in [-0.3, -0.25) is 0 Å². The molecule has 2 N–H and O–H groups in total. The number of carboxylic acids is 1. The van der Waals surface area contributed by atoms with E-state index in [1.165, 1.54) is 5.56 Å². The van der Waals surface area contributed by atoms with Gasteiger partial charge in [0.05, 0.1) is 11.3 Å². The number of hydrogen-bond donors (Lipinski definition) is 2. The van der Waals surface area contributed by atoms with Crippen molar-refractivity contribution < 1.29 is 9.90 Å². The van der Waals surface area contributed by atoms with Gasteiger partial charge in [0.25, 0.3) is 0 Å². The SMILES string of the molecule is O=C(O)c1ccc2ccccc2c1NCCCc1ccccc1. The highest BCUT2D eigenvalue weighted by Crippen LogP contribution is 2.27. The minimum Gasteiger partial charge on any atom is -0.478 e. The Morgan fingerprint density at radius 2 is 1.65 bits per heavy atom. The summed E-state index contributed by atoms with van der Waals surface area (Å²) < 4.78 is 0. The maximum atomic E-state index is 11.5. The van der Waals surface area contributed by atoms with Crippen LogP contribution < -0.4 is 5.32 Å².